The topological polar surface area (TPSA) is 0 Å². The van der Waals surface area contributed by atoms with Gasteiger partial charge < -0.3 is 0 Å². The molecule has 0 aromatic heterocycles. The Morgan fingerprint density at radius 1 is 0.342 bits per heavy atom. The summed E-state index contributed by atoms with van der Waals surface area (Å²) in [5.41, 5.74) is 5.36. The van der Waals surface area contributed by atoms with E-state index in [9.17, 15) is 0 Å². The monoisotopic (exact) mass is 640 g/mol. The number of hydrogen-bond donors (Lipinski definition) is 0. The van der Waals surface area contributed by atoms with Crippen molar-refractivity contribution in [2.75, 3.05) is 0 Å². The van der Waals surface area contributed by atoms with Crippen molar-refractivity contribution >= 4 is 10.8 Å². The number of benzene rings is 6. The van der Waals surface area contributed by atoms with Gasteiger partial charge in [-0.15, -0.1) is 0 Å². The molecule has 6 rings (SSSR count). The Kier molecular flexibility index (Phi) is 16.0. The molecule has 0 aliphatic carbocycles. The molecule has 0 bridgehead atoms. The van der Waals surface area contributed by atoms with Crippen LogP contribution in [0.1, 0.15) is 22.3 Å². The fourth-order valence-electron chi connectivity index (χ4n) is 3.88. The zero-order chi connectivity index (χ0) is 24.7. The predicted molar refractivity (Wildman–Crippen MR) is 153 cm³/mol. The van der Waals surface area contributed by atoms with Gasteiger partial charge in [-0.2, -0.15) is 71.8 Å². The quantitative estimate of drug-likeness (QED) is 0.169. The van der Waals surface area contributed by atoms with E-state index in [4.69, 9.17) is 0 Å². The summed E-state index contributed by atoms with van der Waals surface area (Å²) in [5.74, 6) is 0. The molecular formula is C36H30Y2-2. The van der Waals surface area contributed by atoms with Crippen molar-refractivity contribution in [1.29, 1.82) is 0 Å². The molecule has 6 aromatic rings. The van der Waals surface area contributed by atoms with Crippen LogP contribution >= 0.6 is 0 Å². The first kappa shape index (κ1) is 32.0. The van der Waals surface area contributed by atoms with Gasteiger partial charge in [0.2, 0.25) is 0 Å². The van der Waals surface area contributed by atoms with Crippen LogP contribution in [0.3, 0.4) is 0 Å². The van der Waals surface area contributed by atoms with Crippen LogP contribution in [0, 0.1) is 12.1 Å². The molecule has 0 spiro atoms. The van der Waals surface area contributed by atoms with Gasteiger partial charge >= 0.3 is 0 Å². The zero-order valence-electron chi connectivity index (χ0n) is 21.6. The average molecular weight is 640 g/mol. The molecule has 0 amide bonds. The third kappa shape index (κ3) is 11.7. The smallest absolute Gasteiger partial charge is 0 e. The summed E-state index contributed by atoms with van der Waals surface area (Å²) >= 11 is 0. The summed E-state index contributed by atoms with van der Waals surface area (Å²) in [7, 11) is 0. The Balaban J connectivity index is 0.000000197. The molecule has 0 saturated heterocycles. The fourth-order valence-corrected chi connectivity index (χ4v) is 3.88. The van der Waals surface area contributed by atoms with E-state index in [1.165, 1.54) is 33.0 Å². The van der Waals surface area contributed by atoms with E-state index in [1.807, 2.05) is 42.5 Å². The number of fused-ring (bicyclic) bond motifs is 1. The molecule has 0 unspecified atom stereocenters. The Morgan fingerprint density at radius 3 is 1.18 bits per heavy atom. The predicted octanol–water partition coefficient (Wildman–Crippen LogP) is 8.99. The summed E-state index contributed by atoms with van der Waals surface area (Å²) in [4.78, 5) is 0. The molecule has 6 aromatic carbocycles. The molecule has 0 saturated carbocycles. The van der Waals surface area contributed by atoms with Crippen molar-refractivity contribution < 1.29 is 65.4 Å². The summed E-state index contributed by atoms with van der Waals surface area (Å²) in [6, 6.07) is 60.0. The summed E-state index contributed by atoms with van der Waals surface area (Å²) in [6.45, 7) is 0. The Hall–Kier alpha value is -2.21. The van der Waals surface area contributed by atoms with Crippen LogP contribution in [0.25, 0.3) is 10.8 Å². The van der Waals surface area contributed by atoms with Gasteiger partial charge in [0.15, 0.2) is 0 Å². The van der Waals surface area contributed by atoms with Gasteiger partial charge in [0.25, 0.3) is 0 Å². The van der Waals surface area contributed by atoms with Crippen LogP contribution in [0.15, 0.2) is 158 Å². The summed E-state index contributed by atoms with van der Waals surface area (Å²) in [5, 5.41) is 2.62. The SMILES string of the molecule is [Y].[Y].[c-]1ccc(Cc2ccccc2)cc1.[c-]1cccc(Cc2ccccc2)c1.c1ccc2ccccc2c1. The summed E-state index contributed by atoms with van der Waals surface area (Å²) < 4.78 is 0. The molecule has 0 fully saturated rings. The minimum atomic E-state index is 0. The van der Waals surface area contributed by atoms with E-state index in [1.54, 1.807) is 0 Å². The van der Waals surface area contributed by atoms with Crippen molar-refractivity contribution in [3.05, 3.63) is 192 Å². The number of rotatable bonds is 4. The summed E-state index contributed by atoms with van der Waals surface area (Å²) in [6.07, 6.45) is 2.01. The van der Waals surface area contributed by atoms with Gasteiger partial charge in [0.05, 0.1) is 0 Å². The van der Waals surface area contributed by atoms with Crippen molar-refractivity contribution in [3.63, 3.8) is 0 Å². The van der Waals surface area contributed by atoms with Crippen LogP contribution in [-0.4, -0.2) is 0 Å². The standard InChI is InChI=1S/2C13H11.C10H8.2Y/c2*1-3-7-12(8-4-1)11-13-9-5-2-6-10-13;1-2-6-10-8-4-3-7-9(10)5-1;;/h1,3-10H,11H2;1-5,7-10H,11H2;1-8H;;/q2*-1;;;. The molecule has 0 heterocycles. The van der Waals surface area contributed by atoms with Crippen LogP contribution in [0.5, 0.6) is 0 Å². The van der Waals surface area contributed by atoms with Crippen molar-refractivity contribution in [3.8, 4) is 0 Å². The second-order valence-corrected chi connectivity index (χ2v) is 8.49. The maximum atomic E-state index is 3.08. The normalized spacial score (nSPS) is 9.37. The Morgan fingerprint density at radius 2 is 0.737 bits per heavy atom. The van der Waals surface area contributed by atoms with Gasteiger partial charge in [-0.3, -0.25) is 0 Å². The van der Waals surface area contributed by atoms with Gasteiger partial charge in [0.1, 0.15) is 0 Å². The largest absolute Gasteiger partial charge is 0.184 e. The third-order valence-electron chi connectivity index (χ3n) is 5.72. The molecular weight excluding hydrogens is 610 g/mol. The van der Waals surface area contributed by atoms with Gasteiger partial charge in [0, 0.05) is 65.4 Å². The second-order valence-electron chi connectivity index (χ2n) is 8.49. The van der Waals surface area contributed by atoms with E-state index in [2.05, 4.69) is 127 Å². The molecule has 2 heteroatoms. The number of hydrogen-bond acceptors (Lipinski definition) is 0. The van der Waals surface area contributed by atoms with E-state index < -0.39 is 0 Å². The molecule has 0 aliphatic rings. The first-order valence-corrected chi connectivity index (χ1v) is 12.3. The first-order valence-electron chi connectivity index (χ1n) is 12.3. The van der Waals surface area contributed by atoms with Gasteiger partial charge in [-0.25, -0.2) is 0 Å². The Labute approximate surface area is 278 Å². The van der Waals surface area contributed by atoms with E-state index in [0.29, 0.717) is 0 Å². The van der Waals surface area contributed by atoms with E-state index in [0.717, 1.165) is 12.8 Å². The maximum Gasteiger partial charge on any atom is 0 e. The van der Waals surface area contributed by atoms with E-state index >= 15 is 0 Å². The third-order valence-corrected chi connectivity index (χ3v) is 5.72. The molecule has 0 aliphatic heterocycles. The maximum absolute atomic E-state index is 3.08. The molecule has 2 radical (unpaired) electrons. The first-order chi connectivity index (χ1) is 17.9. The van der Waals surface area contributed by atoms with Crippen LogP contribution in [0.2, 0.25) is 0 Å². The average Bonchev–Trinajstić information content (AvgIpc) is 2.96. The molecule has 38 heavy (non-hydrogen) atoms. The van der Waals surface area contributed by atoms with Gasteiger partial charge in [-0.1, -0.05) is 115 Å². The van der Waals surface area contributed by atoms with Crippen molar-refractivity contribution in [2.45, 2.75) is 12.8 Å². The van der Waals surface area contributed by atoms with Crippen molar-refractivity contribution in [2.24, 2.45) is 0 Å². The minimum absolute atomic E-state index is 0. The molecule has 0 atom stereocenters. The Bertz CT molecular complexity index is 1180. The van der Waals surface area contributed by atoms with E-state index in [-0.39, 0.29) is 65.4 Å². The second kappa shape index (κ2) is 18.9. The van der Waals surface area contributed by atoms with Crippen molar-refractivity contribution in [1.82, 2.24) is 0 Å². The van der Waals surface area contributed by atoms with Crippen LogP contribution < -0.4 is 0 Å². The zero-order valence-corrected chi connectivity index (χ0v) is 27.3. The van der Waals surface area contributed by atoms with Crippen LogP contribution in [-0.2, 0) is 78.3 Å². The van der Waals surface area contributed by atoms with Crippen LogP contribution in [0.4, 0.5) is 0 Å². The van der Waals surface area contributed by atoms with Gasteiger partial charge in [-0.05, 0) is 29.2 Å². The molecule has 0 nitrogen and oxygen atoms in total. The minimum Gasteiger partial charge on any atom is -0.184 e. The molecule has 0 N–H and O–H groups in total. The molecule has 182 valence electrons. The fraction of sp³-hybridized carbons (Fsp3) is 0.0556.